The summed E-state index contributed by atoms with van der Waals surface area (Å²) < 4.78 is 0. The minimum absolute atomic E-state index is 0.154. The zero-order chi connectivity index (χ0) is 24.6. The highest BCUT2D eigenvalue weighted by molar-refractivity contribution is 5.99. The number of hydrogen-bond donors (Lipinski definition) is 3. The smallest absolute Gasteiger partial charge is 0.269 e. The summed E-state index contributed by atoms with van der Waals surface area (Å²) in [7, 11) is 3.80. The van der Waals surface area contributed by atoms with Crippen LogP contribution in [0.3, 0.4) is 0 Å². The molecule has 7 nitrogen and oxygen atoms in total. The summed E-state index contributed by atoms with van der Waals surface area (Å²) in [6, 6.07) is 14.3. The first-order valence-corrected chi connectivity index (χ1v) is 12.6. The van der Waals surface area contributed by atoms with Crippen molar-refractivity contribution in [2.75, 3.05) is 19.0 Å². The zero-order valence-corrected chi connectivity index (χ0v) is 20.5. The Morgan fingerprint density at radius 2 is 1.40 bits per heavy atom. The summed E-state index contributed by atoms with van der Waals surface area (Å²) in [6.45, 7) is 0.460. The molecule has 4 aliphatic rings. The van der Waals surface area contributed by atoms with Crippen molar-refractivity contribution in [1.82, 2.24) is 16.2 Å². The molecule has 0 aromatic heterocycles. The van der Waals surface area contributed by atoms with E-state index in [0.29, 0.717) is 17.7 Å². The van der Waals surface area contributed by atoms with E-state index >= 15 is 0 Å². The van der Waals surface area contributed by atoms with Crippen molar-refractivity contribution in [2.45, 2.75) is 45.1 Å². The number of rotatable bonds is 6. The van der Waals surface area contributed by atoms with E-state index in [1.165, 1.54) is 19.3 Å². The van der Waals surface area contributed by atoms with Crippen LogP contribution >= 0.6 is 0 Å². The summed E-state index contributed by atoms with van der Waals surface area (Å²) in [4.78, 5) is 39.9. The molecule has 0 radical (unpaired) electrons. The van der Waals surface area contributed by atoms with Crippen LogP contribution in [-0.2, 0) is 11.3 Å². The van der Waals surface area contributed by atoms with Crippen LogP contribution in [0.25, 0.3) is 0 Å². The Hall–Kier alpha value is -3.35. The molecule has 0 heterocycles. The number of hydrazine groups is 1. The summed E-state index contributed by atoms with van der Waals surface area (Å²) in [5, 5.41) is 3.18. The van der Waals surface area contributed by atoms with Gasteiger partial charge in [0.1, 0.15) is 0 Å². The molecule has 7 heteroatoms. The van der Waals surface area contributed by atoms with Crippen LogP contribution in [0, 0.1) is 23.2 Å². The molecule has 6 rings (SSSR count). The minimum Gasteiger partial charge on any atom is -0.378 e. The van der Waals surface area contributed by atoms with Crippen molar-refractivity contribution in [3.05, 3.63) is 65.2 Å². The van der Waals surface area contributed by atoms with Crippen LogP contribution in [0.1, 0.15) is 64.8 Å². The first-order chi connectivity index (χ1) is 16.8. The third-order valence-corrected chi connectivity index (χ3v) is 8.10. The molecule has 2 aromatic carbocycles. The van der Waals surface area contributed by atoms with Gasteiger partial charge in [0.05, 0.1) is 0 Å². The number of hydrogen-bond acceptors (Lipinski definition) is 4. The van der Waals surface area contributed by atoms with E-state index in [0.717, 1.165) is 48.3 Å². The van der Waals surface area contributed by atoms with E-state index in [4.69, 9.17) is 0 Å². The molecule has 4 aliphatic carbocycles. The lowest BCUT2D eigenvalue weighted by atomic mass is 9.49. The normalized spacial score (nSPS) is 26.2. The van der Waals surface area contributed by atoms with Crippen molar-refractivity contribution < 1.29 is 14.4 Å². The molecule has 0 spiro atoms. The molecular weight excluding hydrogens is 440 g/mol. The average Bonchev–Trinajstić information content (AvgIpc) is 2.85. The SMILES string of the molecule is CN(C)c1cccc(C(=O)NNC(=O)c2ccc(CNC(=O)C34CC5CC(CC(C5)C3)C4)cc2)c1. The van der Waals surface area contributed by atoms with Crippen molar-refractivity contribution in [1.29, 1.82) is 0 Å². The lowest BCUT2D eigenvalue weighted by Gasteiger charge is -2.55. The molecule has 3 N–H and O–H groups in total. The maximum atomic E-state index is 13.2. The van der Waals surface area contributed by atoms with E-state index in [1.807, 2.05) is 37.2 Å². The number of benzene rings is 2. The Kier molecular flexibility index (Phi) is 6.26. The topological polar surface area (TPSA) is 90.5 Å². The Morgan fingerprint density at radius 1 is 0.829 bits per heavy atom. The van der Waals surface area contributed by atoms with Gasteiger partial charge in [-0.3, -0.25) is 25.2 Å². The Morgan fingerprint density at radius 3 is 1.97 bits per heavy atom. The second-order valence-corrected chi connectivity index (χ2v) is 10.9. The summed E-state index contributed by atoms with van der Waals surface area (Å²) >= 11 is 0. The molecule has 184 valence electrons. The summed E-state index contributed by atoms with van der Waals surface area (Å²) in [6.07, 6.45) is 7.11. The number of anilines is 1. The number of nitrogens with one attached hydrogen (secondary N) is 3. The molecule has 35 heavy (non-hydrogen) atoms. The van der Waals surface area contributed by atoms with Crippen LogP contribution < -0.4 is 21.1 Å². The quantitative estimate of drug-likeness (QED) is 0.558. The molecule has 3 amide bonds. The number of carbonyl (C=O) groups excluding carboxylic acids is 3. The molecule has 4 saturated carbocycles. The number of nitrogens with zero attached hydrogens (tertiary/aromatic N) is 1. The van der Waals surface area contributed by atoms with E-state index in [-0.39, 0.29) is 17.2 Å². The van der Waals surface area contributed by atoms with Crippen LogP contribution in [-0.4, -0.2) is 31.8 Å². The van der Waals surface area contributed by atoms with Gasteiger partial charge in [0.2, 0.25) is 5.91 Å². The Labute approximate surface area is 206 Å². The van der Waals surface area contributed by atoms with E-state index in [2.05, 4.69) is 16.2 Å². The fraction of sp³-hybridized carbons (Fsp3) is 0.464. The van der Waals surface area contributed by atoms with Crippen LogP contribution in [0.5, 0.6) is 0 Å². The van der Waals surface area contributed by atoms with Gasteiger partial charge in [-0.2, -0.15) is 0 Å². The van der Waals surface area contributed by atoms with Crippen molar-refractivity contribution in [2.24, 2.45) is 23.2 Å². The van der Waals surface area contributed by atoms with Crippen LogP contribution in [0.4, 0.5) is 5.69 Å². The monoisotopic (exact) mass is 474 g/mol. The second kappa shape index (κ2) is 9.36. The maximum absolute atomic E-state index is 13.2. The molecule has 4 bridgehead atoms. The summed E-state index contributed by atoms with van der Waals surface area (Å²) in [5.41, 5.74) is 7.52. The highest BCUT2D eigenvalue weighted by Crippen LogP contribution is 2.60. The predicted molar refractivity (Wildman–Crippen MR) is 135 cm³/mol. The van der Waals surface area contributed by atoms with Gasteiger partial charge in [-0.15, -0.1) is 0 Å². The molecule has 2 aromatic rings. The van der Waals surface area contributed by atoms with Gasteiger partial charge < -0.3 is 10.2 Å². The van der Waals surface area contributed by atoms with E-state index in [9.17, 15) is 14.4 Å². The predicted octanol–water partition coefficient (Wildman–Crippen LogP) is 3.66. The second-order valence-electron chi connectivity index (χ2n) is 10.9. The molecule has 0 saturated heterocycles. The van der Waals surface area contributed by atoms with Crippen molar-refractivity contribution in [3.63, 3.8) is 0 Å². The lowest BCUT2D eigenvalue weighted by Crippen LogP contribution is -2.53. The van der Waals surface area contributed by atoms with Gasteiger partial charge in [0, 0.05) is 42.9 Å². The average molecular weight is 475 g/mol. The highest BCUT2D eigenvalue weighted by Gasteiger charge is 2.54. The van der Waals surface area contributed by atoms with E-state index in [1.54, 1.807) is 30.3 Å². The van der Waals surface area contributed by atoms with Gasteiger partial charge in [-0.05, 0) is 92.2 Å². The fourth-order valence-electron chi connectivity index (χ4n) is 6.72. The van der Waals surface area contributed by atoms with Gasteiger partial charge >= 0.3 is 0 Å². The molecular formula is C28H34N4O3. The standard InChI is InChI=1S/C28H34N4O3/c1-32(2)24-5-3-4-23(13-24)26(34)31-30-25(33)22-8-6-18(7-9-22)17-29-27(35)28-14-19-10-20(15-28)12-21(11-19)16-28/h3-9,13,19-21H,10-12,14-17H2,1-2H3,(H,29,35)(H,30,33)(H,31,34). The fourth-order valence-corrected chi connectivity index (χ4v) is 6.72. The maximum Gasteiger partial charge on any atom is 0.269 e. The molecule has 0 aliphatic heterocycles. The molecule has 0 atom stereocenters. The highest BCUT2D eigenvalue weighted by atomic mass is 16.2. The lowest BCUT2D eigenvalue weighted by molar-refractivity contribution is -0.146. The Bertz CT molecular complexity index is 1090. The zero-order valence-electron chi connectivity index (χ0n) is 20.5. The van der Waals surface area contributed by atoms with Crippen molar-refractivity contribution in [3.8, 4) is 0 Å². The third-order valence-electron chi connectivity index (χ3n) is 8.10. The van der Waals surface area contributed by atoms with Crippen LogP contribution in [0.2, 0.25) is 0 Å². The van der Waals surface area contributed by atoms with E-state index < -0.39 is 5.91 Å². The molecule has 4 fully saturated rings. The van der Waals surface area contributed by atoms with Gasteiger partial charge in [0.25, 0.3) is 11.8 Å². The van der Waals surface area contributed by atoms with Gasteiger partial charge in [-0.1, -0.05) is 18.2 Å². The van der Waals surface area contributed by atoms with Gasteiger partial charge in [-0.25, -0.2) is 0 Å². The minimum atomic E-state index is -0.397. The third kappa shape index (κ3) is 4.90. The summed E-state index contributed by atoms with van der Waals surface area (Å²) in [5.74, 6) is 1.64. The molecule has 0 unspecified atom stereocenters. The van der Waals surface area contributed by atoms with Crippen LogP contribution in [0.15, 0.2) is 48.5 Å². The number of carbonyl (C=O) groups is 3. The first kappa shape index (κ1) is 23.4. The Balaban J connectivity index is 1.12. The van der Waals surface area contributed by atoms with Crippen molar-refractivity contribution >= 4 is 23.4 Å². The first-order valence-electron chi connectivity index (χ1n) is 12.6. The number of amides is 3. The van der Waals surface area contributed by atoms with Gasteiger partial charge in [0.15, 0.2) is 0 Å². The largest absolute Gasteiger partial charge is 0.378 e.